The van der Waals surface area contributed by atoms with Gasteiger partial charge in [-0.2, -0.15) is 0 Å². The molecular formula is C22H33N3O2S. The topological polar surface area (TPSA) is 64.1 Å². The summed E-state index contributed by atoms with van der Waals surface area (Å²) in [6.07, 6.45) is 4.18. The smallest absolute Gasteiger partial charge is 0.264 e. The van der Waals surface area contributed by atoms with Crippen molar-refractivity contribution in [1.29, 1.82) is 0 Å². The first-order chi connectivity index (χ1) is 13.1. The summed E-state index contributed by atoms with van der Waals surface area (Å²) in [5.41, 5.74) is 1.62. The standard InChI is InChI=1S/C22H33N3O2S/c1-7-8-9-19-24-25-20(28-19)23-18(26)14-27-17-12-10-16(11-13-17)22(5,6)15-21(2,3)4/h10-13H,7-9,14-15H2,1-6H3,(H,23,25,26). The fourth-order valence-corrected chi connectivity index (χ4v) is 4.27. The summed E-state index contributed by atoms with van der Waals surface area (Å²) in [6, 6.07) is 8.04. The Bertz CT molecular complexity index is 761. The molecule has 28 heavy (non-hydrogen) atoms. The predicted octanol–water partition coefficient (Wildman–Crippen LogP) is 5.61. The highest BCUT2D eigenvalue weighted by atomic mass is 32.1. The number of rotatable bonds is 9. The maximum atomic E-state index is 12.1. The molecular weight excluding hydrogens is 370 g/mol. The van der Waals surface area contributed by atoms with E-state index in [0.717, 1.165) is 30.7 Å². The van der Waals surface area contributed by atoms with Gasteiger partial charge in [0, 0.05) is 6.42 Å². The maximum Gasteiger partial charge on any atom is 0.264 e. The molecule has 2 aromatic rings. The first-order valence-electron chi connectivity index (χ1n) is 9.95. The van der Waals surface area contributed by atoms with Crippen LogP contribution in [0, 0.1) is 5.41 Å². The van der Waals surface area contributed by atoms with Crippen molar-refractivity contribution in [3.63, 3.8) is 0 Å². The third-order valence-corrected chi connectivity index (χ3v) is 5.33. The van der Waals surface area contributed by atoms with Gasteiger partial charge in [0.2, 0.25) is 5.13 Å². The van der Waals surface area contributed by atoms with Gasteiger partial charge in [0.1, 0.15) is 10.8 Å². The van der Waals surface area contributed by atoms with Gasteiger partial charge in [0.15, 0.2) is 6.61 Å². The van der Waals surface area contributed by atoms with Gasteiger partial charge in [-0.1, -0.05) is 71.4 Å². The number of anilines is 1. The number of nitrogens with one attached hydrogen (secondary N) is 1. The number of aryl methyl sites for hydroxylation is 1. The molecule has 6 heteroatoms. The van der Waals surface area contributed by atoms with Crippen molar-refractivity contribution < 1.29 is 9.53 Å². The number of benzene rings is 1. The van der Waals surface area contributed by atoms with Crippen LogP contribution in [-0.4, -0.2) is 22.7 Å². The Morgan fingerprint density at radius 3 is 2.39 bits per heavy atom. The molecule has 1 heterocycles. The van der Waals surface area contributed by atoms with Gasteiger partial charge in [-0.05, 0) is 41.4 Å². The van der Waals surface area contributed by atoms with Gasteiger partial charge in [-0.3, -0.25) is 10.1 Å². The summed E-state index contributed by atoms with van der Waals surface area (Å²) in [5, 5.41) is 12.3. The molecule has 0 atom stereocenters. The Labute approximate surface area is 172 Å². The van der Waals surface area contributed by atoms with E-state index in [4.69, 9.17) is 4.74 Å². The number of nitrogens with zero attached hydrogens (tertiary/aromatic N) is 2. The van der Waals surface area contributed by atoms with Crippen LogP contribution < -0.4 is 10.1 Å². The first kappa shape index (κ1) is 22.3. The molecule has 0 unspecified atom stereocenters. The minimum Gasteiger partial charge on any atom is -0.484 e. The summed E-state index contributed by atoms with van der Waals surface area (Å²) in [4.78, 5) is 12.1. The highest BCUT2D eigenvalue weighted by molar-refractivity contribution is 7.15. The predicted molar refractivity (Wildman–Crippen MR) is 116 cm³/mol. The molecule has 0 radical (unpaired) electrons. The summed E-state index contributed by atoms with van der Waals surface area (Å²) in [7, 11) is 0. The van der Waals surface area contributed by atoms with E-state index >= 15 is 0 Å². The van der Waals surface area contributed by atoms with Gasteiger partial charge in [-0.15, -0.1) is 10.2 Å². The number of hydrogen-bond acceptors (Lipinski definition) is 5. The van der Waals surface area contributed by atoms with Crippen LogP contribution >= 0.6 is 11.3 Å². The second-order valence-electron chi connectivity index (χ2n) is 9.09. The second-order valence-corrected chi connectivity index (χ2v) is 10.1. The third kappa shape index (κ3) is 7.23. The van der Waals surface area contributed by atoms with Crippen LogP contribution in [0.15, 0.2) is 24.3 Å². The Hall–Kier alpha value is -1.95. The molecule has 0 fully saturated rings. The molecule has 0 saturated heterocycles. The minimum absolute atomic E-state index is 0.0470. The highest BCUT2D eigenvalue weighted by Crippen LogP contribution is 2.36. The van der Waals surface area contributed by atoms with E-state index in [1.54, 1.807) is 0 Å². The van der Waals surface area contributed by atoms with E-state index in [9.17, 15) is 4.79 Å². The Kier molecular flexibility index (Phi) is 7.58. The third-order valence-electron chi connectivity index (χ3n) is 4.44. The van der Waals surface area contributed by atoms with Gasteiger partial charge in [0.25, 0.3) is 5.91 Å². The van der Waals surface area contributed by atoms with Crippen molar-refractivity contribution >= 4 is 22.4 Å². The van der Waals surface area contributed by atoms with E-state index in [0.29, 0.717) is 10.9 Å². The number of ether oxygens (including phenoxy) is 1. The normalized spacial score (nSPS) is 12.1. The van der Waals surface area contributed by atoms with Crippen LogP contribution in [-0.2, 0) is 16.6 Å². The molecule has 1 N–H and O–H groups in total. The lowest BCUT2D eigenvalue weighted by Gasteiger charge is -2.33. The van der Waals surface area contributed by atoms with E-state index in [-0.39, 0.29) is 23.3 Å². The average molecular weight is 404 g/mol. The average Bonchev–Trinajstić information content (AvgIpc) is 3.04. The molecule has 154 valence electrons. The second kappa shape index (κ2) is 9.50. The minimum atomic E-state index is -0.227. The van der Waals surface area contributed by atoms with Crippen LogP contribution in [0.25, 0.3) is 0 Å². The molecule has 1 amide bonds. The molecule has 0 spiro atoms. The van der Waals surface area contributed by atoms with E-state index < -0.39 is 0 Å². The van der Waals surface area contributed by atoms with Crippen molar-refractivity contribution in [1.82, 2.24) is 10.2 Å². The Morgan fingerprint density at radius 1 is 1.11 bits per heavy atom. The fourth-order valence-electron chi connectivity index (χ4n) is 3.47. The SMILES string of the molecule is CCCCc1nnc(NC(=O)COc2ccc(C(C)(C)CC(C)(C)C)cc2)s1. The number of aromatic nitrogens is 2. The van der Waals surface area contributed by atoms with E-state index in [1.165, 1.54) is 16.9 Å². The van der Waals surface area contributed by atoms with Crippen LogP contribution in [0.4, 0.5) is 5.13 Å². The first-order valence-corrected chi connectivity index (χ1v) is 10.8. The van der Waals surface area contributed by atoms with E-state index in [2.05, 4.69) is 69.2 Å². The number of unbranched alkanes of at least 4 members (excludes halogenated alkanes) is 1. The zero-order valence-corrected chi connectivity index (χ0v) is 18.8. The van der Waals surface area contributed by atoms with Gasteiger partial charge >= 0.3 is 0 Å². The summed E-state index contributed by atoms with van der Waals surface area (Å²) < 4.78 is 5.62. The lowest BCUT2D eigenvalue weighted by molar-refractivity contribution is -0.118. The lowest BCUT2D eigenvalue weighted by Crippen LogP contribution is -2.24. The number of carbonyl (C=O) groups excluding carboxylic acids is 1. The quantitative estimate of drug-likeness (QED) is 0.591. The number of hydrogen-bond donors (Lipinski definition) is 1. The summed E-state index contributed by atoms with van der Waals surface area (Å²) >= 11 is 1.42. The van der Waals surface area contributed by atoms with Crippen molar-refractivity contribution in [2.45, 2.75) is 72.6 Å². The van der Waals surface area contributed by atoms with Gasteiger partial charge in [-0.25, -0.2) is 0 Å². The largest absolute Gasteiger partial charge is 0.484 e. The fraction of sp³-hybridized carbons (Fsp3) is 0.591. The highest BCUT2D eigenvalue weighted by Gasteiger charge is 2.27. The van der Waals surface area contributed by atoms with Crippen LogP contribution in [0.3, 0.4) is 0 Å². The molecule has 0 bridgehead atoms. The van der Waals surface area contributed by atoms with Crippen LogP contribution in [0.2, 0.25) is 0 Å². The number of amides is 1. The van der Waals surface area contributed by atoms with Crippen LogP contribution in [0.5, 0.6) is 5.75 Å². The van der Waals surface area contributed by atoms with Gasteiger partial charge in [0.05, 0.1) is 0 Å². The van der Waals surface area contributed by atoms with Crippen molar-refractivity contribution in [3.05, 3.63) is 34.8 Å². The van der Waals surface area contributed by atoms with Crippen LogP contribution in [0.1, 0.15) is 71.4 Å². The molecule has 1 aromatic carbocycles. The summed E-state index contributed by atoms with van der Waals surface area (Å²) in [5.74, 6) is 0.460. The molecule has 2 rings (SSSR count). The Morgan fingerprint density at radius 2 is 1.79 bits per heavy atom. The van der Waals surface area contributed by atoms with Gasteiger partial charge < -0.3 is 4.74 Å². The van der Waals surface area contributed by atoms with Crippen molar-refractivity contribution in [3.8, 4) is 5.75 Å². The monoisotopic (exact) mass is 403 g/mol. The number of carbonyl (C=O) groups is 1. The van der Waals surface area contributed by atoms with Crippen molar-refractivity contribution in [2.75, 3.05) is 11.9 Å². The van der Waals surface area contributed by atoms with E-state index in [1.807, 2.05) is 12.1 Å². The summed E-state index contributed by atoms with van der Waals surface area (Å²) in [6.45, 7) is 13.4. The zero-order chi connectivity index (χ0) is 20.8. The Balaban J connectivity index is 1.85. The zero-order valence-electron chi connectivity index (χ0n) is 18.0. The molecule has 0 aliphatic rings. The lowest BCUT2D eigenvalue weighted by atomic mass is 9.72. The molecule has 1 aromatic heterocycles. The maximum absolute atomic E-state index is 12.1. The molecule has 0 aliphatic heterocycles. The molecule has 0 aliphatic carbocycles. The van der Waals surface area contributed by atoms with Crippen molar-refractivity contribution in [2.24, 2.45) is 5.41 Å². The molecule has 5 nitrogen and oxygen atoms in total. The molecule has 0 saturated carbocycles.